The second-order valence-electron chi connectivity index (χ2n) is 6.89. The lowest BCUT2D eigenvalue weighted by Crippen LogP contribution is -2.37. The molecular formula is C19H22O. The molecule has 0 spiro atoms. The summed E-state index contributed by atoms with van der Waals surface area (Å²) in [7, 11) is 0. The van der Waals surface area contributed by atoms with E-state index in [2.05, 4.69) is 31.2 Å². The Morgan fingerprint density at radius 1 is 1.00 bits per heavy atom. The standard InChI is InChI=1S/C19H22O/c1-13-3-2-4-15-17(20)6-5-16(18(13)15)19-10-7-14(8-11-19)9-12-19/h2-6,14,20H,7-12H2,1H3. The third-order valence-electron chi connectivity index (χ3n) is 5.89. The fraction of sp³-hybridized carbons (Fsp3) is 0.474. The minimum absolute atomic E-state index is 0.382. The molecule has 104 valence electrons. The van der Waals surface area contributed by atoms with Gasteiger partial charge in [-0.05, 0) is 79.4 Å². The fourth-order valence-electron chi connectivity index (χ4n) is 4.67. The topological polar surface area (TPSA) is 20.2 Å². The number of aryl methyl sites for hydroxylation is 1. The van der Waals surface area contributed by atoms with Crippen LogP contribution in [0.4, 0.5) is 0 Å². The zero-order chi connectivity index (χ0) is 13.7. The number of hydrogen-bond acceptors (Lipinski definition) is 1. The van der Waals surface area contributed by atoms with Gasteiger partial charge in [0.15, 0.2) is 0 Å². The Morgan fingerprint density at radius 2 is 1.70 bits per heavy atom. The van der Waals surface area contributed by atoms with Crippen molar-refractivity contribution >= 4 is 10.8 Å². The normalized spacial score (nSPS) is 28.9. The van der Waals surface area contributed by atoms with E-state index in [-0.39, 0.29) is 0 Å². The Kier molecular flexibility index (Phi) is 2.60. The van der Waals surface area contributed by atoms with E-state index in [0.717, 1.165) is 11.3 Å². The zero-order valence-electron chi connectivity index (χ0n) is 12.2. The first-order valence-electron chi connectivity index (χ1n) is 7.91. The van der Waals surface area contributed by atoms with Crippen molar-refractivity contribution < 1.29 is 5.11 Å². The molecule has 3 aliphatic carbocycles. The molecule has 0 radical (unpaired) electrons. The highest BCUT2D eigenvalue weighted by atomic mass is 16.3. The van der Waals surface area contributed by atoms with Crippen LogP contribution in [-0.4, -0.2) is 5.11 Å². The van der Waals surface area contributed by atoms with Crippen molar-refractivity contribution in [3.8, 4) is 5.75 Å². The lowest BCUT2D eigenvalue weighted by molar-refractivity contribution is 0.137. The molecule has 0 aromatic heterocycles. The molecule has 3 saturated carbocycles. The van der Waals surface area contributed by atoms with E-state index >= 15 is 0 Å². The monoisotopic (exact) mass is 266 g/mol. The molecule has 20 heavy (non-hydrogen) atoms. The van der Waals surface area contributed by atoms with Crippen LogP contribution in [0.3, 0.4) is 0 Å². The molecule has 0 unspecified atom stereocenters. The van der Waals surface area contributed by atoms with Gasteiger partial charge < -0.3 is 5.11 Å². The highest BCUT2D eigenvalue weighted by Crippen LogP contribution is 2.53. The van der Waals surface area contributed by atoms with Crippen LogP contribution in [0.5, 0.6) is 5.75 Å². The lowest BCUT2D eigenvalue weighted by Gasteiger charge is -2.47. The molecule has 1 nitrogen and oxygen atoms in total. The minimum atomic E-state index is 0.382. The molecule has 0 aliphatic heterocycles. The van der Waals surface area contributed by atoms with E-state index in [4.69, 9.17) is 0 Å². The molecule has 5 rings (SSSR count). The number of phenols is 1. The molecule has 3 fully saturated rings. The third-order valence-corrected chi connectivity index (χ3v) is 5.89. The number of rotatable bonds is 1. The summed E-state index contributed by atoms with van der Waals surface area (Å²) >= 11 is 0. The first-order chi connectivity index (χ1) is 9.70. The van der Waals surface area contributed by atoms with E-state index in [0.29, 0.717) is 11.2 Å². The van der Waals surface area contributed by atoms with E-state index < -0.39 is 0 Å². The van der Waals surface area contributed by atoms with Crippen LogP contribution in [-0.2, 0) is 5.41 Å². The Balaban J connectivity index is 1.98. The zero-order valence-corrected chi connectivity index (χ0v) is 12.2. The van der Waals surface area contributed by atoms with Crippen LogP contribution in [0, 0.1) is 12.8 Å². The second-order valence-corrected chi connectivity index (χ2v) is 6.89. The van der Waals surface area contributed by atoms with E-state index in [1.54, 1.807) is 0 Å². The quantitative estimate of drug-likeness (QED) is 0.763. The first-order valence-corrected chi connectivity index (χ1v) is 7.91. The van der Waals surface area contributed by atoms with Crippen LogP contribution in [0.15, 0.2) is 30.3 Å². The molecule has 3 aliphatic rings. The SMILES string of the molecule is Cc1cccc2c(O)ccc(C34CCC(CC3)CC4)c12. The van der Waals surface area contributed by atoms with Crippen molar-refractivity contribution in [3.63, 3.8) is 0 Å². The average Bonchev–Trinajstić information content (AvgIpc) is 2.50. The molecule has 0 amide bonds. The van der Waals surface area contributed by atoms with Gasteiger partial charge in [0.25, 0.3) is 0 Å². The number of hydrogen-bond donors (Lipinski definition) is 1. The first kappa shape index (κ1) is 12.3. The summed E-state index contributed by atoms with van der Waals surface area (Å²) in [5.41, 5.74) is 3.18. The maximum Gasteiger partial charge on any atom is 0.123 e. The maximum absolute atomic E-state index is 10.2. The summed E-state index contributed by atoms with van der Waals surface area (Å²) in [5.74, 6) is 1.41. The van der Waals surface area contributed by atoms with E-state index in [1.165, 1.54) is 55.0 Å². The second kappa shape index (κ2) is 4.25. The summed E-state index contributed by atoms with van der Waals surface area (Å²) in [6.45, 7) is 2.18. The molecule has 0 atom stereocenters. The Morgan fingerprint density at radius 3 is 2.40 bits per heavy atom. The Hall–Kier alpha value is -1.50. The van der Waals surface area contributed by atoms with Crippen molar-refractivity contribution in [2.75, 3.05) is 0 Å². The summed E-state index contributed by atoms with van der Waals surface area (Å²) in [6.07, 6.45) is 8.21. The van der Waals surface area contributed by atoms with Gasteiger partial charge in [-0.15, -0.1) is 0 Å². The molecule has 2 aromatic carbocycles. The van der Waals surface area contributed by atoms with Crippen molar-refractivity contribution in [1.82, 2.24) is 0 Å². The fourth-order valence-corrected chi connectivity index (χ4v) is 4.67. The highest BCUT2D eigenvalue weighted by molar-refractivity contribution is 5.94. The Bertz CT molecular complexity index is 649. The molecule has 0 heterocycles. The van der Waals surface area contributed by atoms with E-state index in [1.807, 2.05) is 6.07 Å². The summed E-state index contributed by atoms with van der Waals surface area (Å²) in [6, 6.07) is 10.4. The van der Waals surface area contributed by atoms with Gasteiger partial charge in [-0.3, -0.25) is 0 Å². The maximum atomic E-state index is 10.2. The summed E-state index contributed by atoms with van der Waals surface area (Å²) in [4.78, 5) is 0. The molecule has 1 heteroatoms. The van der Waals surface area contributed by atoms with Gasteiger partial charge in [0.05, 0.1) is 0 Å². The van der Waals surface area contributed by atoms with Crippen LogP contribution in [0.25, 0.3) is 10.8 Å². The number of fused-ring (bicyclic) bond motifs is 4. The van der Waals surface area contributed by atoms with Gasteiger partial charge in [0.2, 0.25) is 0 Å². The Labute approximate surface area is 120 Å². The predicted octanol–water partition coefficient (Wildman–Crippen LogP) is 5.08. The number of benzene rings is 2. The molecule has 1 N–H and O–H groups in total. The van der Waals surface area contributed by atoms with Gasteiger partial charge in [0.1, 0.15) is 5.75 Å². The largest absolute Gasteiger partial charge is 0.507 e. The highest BCUT2D eigenvalue weighted by Gasteiger charge is 2.42. The van der Waals surface area contributed by atoms with Gasteiger partial charge in [0, 0.05) is 5.39 Å². The molecule has 2 aromatic rings. The van der Waals surface area contributed by atoms with Crippen LogP contribution >= 0.6 is 0 Å². The molecule has 2 bridgehead atoms. The van der Waals surface area contributed by atoms with Crippen molar-refractivity contribution in [2.24, 2.45) is 5.92 Å². The van der Waals surface area contributed by atoms with Crippen molar-refractivity contribution in [3.05, 3.63) is 41.5 Å². The number of phenolic OH excluding ortho intramolecular Hbond substituents is 1. The van der Waals surface area contributed by atoms with Crippen LogP contribution < -0.4 is 0 Å². The van der Waals surface area contributed by atoms with Crippen molar-refractivity contribution in [1.29, 1.82) is 0 Å². The smallest absolute Gasteiger partial charge is 0.123 e. The van der Waals surface area contributed by atoms with Gasteiger partial charge in [-0.25, -0.2) is 0 Å². The lowest BCUT2D eigenvalue weighted by atomic mass is 9.57. The van der Waals surface area contributed by atoms with Gasteiger partial charge in [-0.1, -0.05) is 24.3 Å². The number of aromatic hydroxyl groups is 1. The molecule has 0 saturated heterocycles. The summed E-state index contributed by atoms with van der Waals surface area (Å²) < 4.78 is 0. The van der Waals surface area contributed by atoms with Gasteiger partial charge >= 0.3 is 0 Å². The predicted molar refractivity (Wildman–Crippen MR) is 83.2 cm³/mol. The average molecular weight is 266 g/mol. The molecular weight excluding hydrogens is 244 g/mol. The third kappa shape index (κ3) is 1.62. The van der Waals surface area contributed by atoms with Crippen molar-refractivity contribution in [2.45, 2.75) is 50.9 Å². The van der Waals surface area contributed by atoms with Crippen LogP contribution in [0.2, 0.25) is 0 Å². The van der Waals surface area contributed by atoms with E-state index in [9.17, 15) is 5.11 Å². The summed E-state index contributed by atoms with van der Waals surface area (Å²) in [5, 5.41) is 12.5. The van der Waals surface area contributed by atoms with Gasteiger partial charge in [-0.2, -0.15) is 0 Å². The van der Waals surface area contributed by atoms with Crippen LogP contribution in [0.1, 0.15) is 49.7 Å². The minimum Gasteiger partial charge on any atom is -0.507 e.